The largest absolute Gasteiger partial charge is 0.393 e. The first-order valence-corrected chi connectivity index (χ1v) is 9.52. The molecule has 0 radical (unpaired) electrons. The Kier molecular flexibility index (Phi) is 5.73. The maximum atomic E-state index is 14.4. The van der Waals surface area contributed by atoms with E-state index in [9.17, 15) is 8.78 Å². The molecule has 1 aromatic heterocycles. The van der Waals surface area contributed by atoms with Crippen LogP contribution in [-0.2, 0) is 4.74 Å². The molecule has 9 heteroatoms. The van der Waals surface area contributed by atoms with E-state index in [-0.39, 0.29) is 34.6 Å². The van der Waals surface area contributed by atoms with Crippen LogP contribution in [0.25, 0.3) is 17.1 Å². The van der Waals surface area contributed by atoms with E-state index in [2.05, 4.69) is 10.1 Å². The molecule has 2 aromatic carbocycles. The van der Waals surface area contributed by atoms with Crippen molar-refractivity contribution in [3.05, 3.63) is 71.8 Å². The zero-order valence-corrected chi connectivity index (χ0v) is 16.1. The number of para-hydroxylation sites is 1. The van der Waals surface area contributed by atoms with Crippen LogP contribution in [0.3, 0.4) is 0 Å². The minimum Gasteiger partial charge on any atom is -0.393 e. The molecule has 3 aromatic rings. The van der Waals surface area contributed by atoms with Gasteiger partial charge in [0.25, 0.3) is 5.89 Å². The summed E-state index contributed by atoms with van der Waals surface area (Å²) < 4.78 is 39.2. The summed E-state index contributed by atoms with van der Waals surface area (Å²) in [6, 6.07) is 12.2. The number of nitrogens with zero attached hydrogens (tertiary/aromatic N) is 3. The van der Waals surface area contributed by atoms with Crippen molar-refractivity contribution in [2.24, 2.45) is 17.5 Å². The van der Waals surface area contributed by atoms with Crippen molar-refractivity contribution in [3.8, 4) is 11.4 Å². The number of halogens is 2. The second kappa shape index (κ2) is 8.60. The van der Waals surface area contributed by atoms with Gasteiger partial charge in [0.1, 0.15) is 17.3 Å². The molecule has 156 valence electrons. The number of hydrogen-bond acceptors (Lipinski definition) is 7. The van der Waals surface area contributed by atoms with Crippen LogP contribution >= 0.6 is 0 Å². The maximum Gasteiger partial charge on any atom is 0.275 e. The first-order chi connectivity index (χ1) is 14.6. The molecule has 0 bridgehead atoms. The predicted molar refractivity (Wildman–Crippen MR) is 107 cm³/mol. The number of benzene rings is 2. The highest BCUT2D eigenvalue weighted by molar-refractivity contribution is 5.68. The number of anilines is 1. The molecule has 0 saturated carbocycles. The number of rotatable bonds is 5. The molecule has 0 unspecified atom stereocenters. The molecule has 7 nitrogen and oxygen atoms in total. The Labute approximate surface area is 171 Å². The SMILES string of the molecule is N/C(=C(/C1CCOCC1)N(N)c1ccccc1F)c1nc(-c2ccccc2F)no1. The highest BCUT2D eigenvalue weighted by atomic mass is 19.1. The lowest BCUT2D eigenvalue weighted by atomic mass is 9.94. The Bertz CT molecular complexity index is 1060. The summed E-state index contributed by atoms with van der Waals surface area (Å²) in [4.78, 5) is 4.25. The molecule has 2 heterocycles. The van der Waals surface area contributed by atoms with Crippen LogP contribution in [0.4, 0.5) is 14.5 Å². The molecule has 1 aliphatic heterocycles. The van der Waals surface area contributed by atoms with Crippen LogP contribution in [0, 0.1) is 17.6 Å². The van der Waals surface area contributed by atoms with E-state index in [1.165, 1.54) is 23.2 Å². The monoisotopic (exact) mass is 413 g/mol. The molecule has 1 saturated heterocycles. The van der Waals surface area contributed by atoms with E-state index in [0.29, 0.717) is 31.8 Å². The summed E-state index contributed by atoms with van der Waals surface area (Å²) in [6.45, 7) is 1.05. The van der Waals surface area contributed by atoms with E-state index >= 15 is 0 Å². The van der Waals surface area contributed by atoms with Crippen LogP contribution in [0.5, 0.6) is 0 Å². The molecule has 0 spiro atoms. The van der Waals surface area contributed by atoms with Gasteiger partial charge >= 0.3 is 0 Å². The topological polar surface area (TPSA) is 103 Å². The first kappa shape index (κ1) is 20.0. The molecule has 4 rings (SSSR count). The Balaban J connectivity index is 1.77. The fraction of sp³-hybridized carbons (Fsp3) is 0.238. The minimum absolute atomic E-state index is 0.0125. The van der Waals surface area contributed by atoms with Crippen LogP contribution in [0.15, 0.2) is 58.8 Å². The quantitative estimate of drug-likeness (QED) is 0.488. The lowest BCUT2D eigenvalue weighted by molar-refractivity contribution is 0.0751. The molecular weight excluding hydrogens is 392 g/mol. The van der Waals surface area contributed by atoms with E-state index < -0.39 is 11.6 Å². The summed E-state index contributed by atoms with van der Waals surface area (Å²) in [5.74, 6) is 5.29. The summed E-state index contributed by atoms with van der Waals surface area (Å²) >= 11 is 0. The normalized spacial score (nSPS) is 15.7. The van der Waals surface area contributed by atoms with Gasteiger partial charge in [0, 0.05) is 19.1 Å². The fourth-order valence-corrected chi connectivity index (χ4v) is 3.49. The zero-order chi connectivity index (χ0) is 21.1. The summed E-state index contributed by atoms with van der Waals surface area (Å²) in [7, 11) is 0. The molecule has 1 aliphatic rings. The maximum absolute atomic E-state index is 14.4. The van der Waals surface area contributed by atoms with Gasteiger partial charge in [-0.15, -0.1) is 0 Å². The van der Waals surface area contributed by atoms with Crippen molar-refractivity contribution in [2.45, 2.75) is 12.8 Å². The van der Waals surface area contributed by atoms with Gasteiger partial charge in [-0.05, 0) is 37.1 Å². The van der Waals surface area contributed by atoms with Crippen LogP contribution in [0.1, 0.15) is 18.7 Å². The lowest BCUT2D eigenvalue weighted by Gasteiger charge is -2.32. The molecule has 30 heavy (non-hydrogen) atoms. The highest BCUT2D eigenvalue weighted by Crippen LogP contribution is 2.33. The van der Waals surface area contributed by atoms with Crippen molar-refractivity contribution in [2.75, 3.05) is 18.2 Å². The Morgan fingerprint density at radius 1 is 1.00 bits per heavy atom. The van der Waals surface area contributed by atoms with Gasteiger partial charge in [-0.3, -0.25) is 5.01 Å². The molecular formula is C21H21F2N5O2. The minimum atomic E-state index is -0.491. The standard InChI is InChI=1S/C21H21F2N5O2/c22-15-6-2-1-5-14(15)20-26-21(30-27-20)18(24)19(13-9-11-29-12-10-13)28(25)17-8-4-3-7-16(17)23/h1-8,13H,9-12,24-25H2/b19-18-. The third-order valence-electron chi connectivity index (χ3n) is 5.03. The van der Waals surface area contributed by atoms with E-state index in [4.69, 9.17) is 20.8 Å². The second-order valence-electron chi connectivity index (χ2n) is 6.91. The number of allylic oxidation sites excluding steroid dienone is 1. The van der Waals surface area contributed by atoms with Crippen molar-refractivity contribution < 1.29 is 18.0 Å². The van der Waals surface area contributed by atoms with Crippen molar-refractivity contribution in [1.82, 2.24) is 10.1 Å². The van der Waals surface area contributed by atoms with E-state index in [1.54, 1.807) is 30.3 Å². The highest BCUT2D eigenvalue weighted by Gasteiger charge is 2.29. The van der Waals surface area contributed by atoms with Gasteiger partial charge in [-0.25, -0.2) is 14.6 Å². The second-order valence-corrected chi connectivity index (χ2v) is 6.91. The van der Waals surface area contributed by atoms with Gasteiger partial charge in [0.15, 0.2) is 0 Å². The zero-order valence-electron chi connectivity index (χ0n) is 16.1. The molecule has 0 amide bonds. The van der Waals surface area contributed by atoms with Gasteiger partial charge in [0.2, 0.25) is 5.82 Å². The van der Waals surface area contributed by atoms with Gasteiger partial charge in [0.05, 0.1) is 16.9 Å². The Morgan fingerprint density at radius 3 is 2.37 bits per heavy atom. The summed E-state index contributed by atoms with van der Waals surface area (Å²) in [5.41, 5.74) is 7.31. The molecule has 0 atom stereocenters. The van der Waals surface area contributed by atoms with E-state index in [1.807, 2.05) is 0 Å². The third-order valence-corrected chi connectivity index (χ3v) is 5.03. The number of ether oxygens (including phenoxy) is 1. The molecule has 1 fully saturated rings. The summed E-state index contributed by atoms with van der Waals surface area (Å²) in [6.07, 6.45) is 1.29. The fourth-order valence-electron chi connectivity index (χ4n) is 3.49. The number of nitrogens with two attached hydrogens (primary N) is 2. The molecule has 4 N–H and O–H groups in total. The average Bonchev–Trinajstić information content (AvgIpc) is 3.25. The van der Waals surface area contributed by atoms with Crippen LogP contribution in [-0.4, -0.2) is 23.4 Å². The van der Waals surface area contributed by atoms with Gasteiger partial charge in [-0.1, -0.05) is 29.4 Å². The van der Waals surface area contributed by atoms with Crippen molar-refractivity contribution in [1.29, 1.82) is 0 Å². The van der Waals surface area contributed by atoms with Gasteiger partial charge < -0.3 is 15.0 Å². The summed E-state index contributed by atoms with van der Waals surface area (Å²) in [5, 5.41) is 5.06. The third kappa shape index (κ3) is 3.89. The smallest absolute Gasteiger partial charge is 0.275 e. The number of aromatic nitrogens is 2. The number of hydrogen-bond donors (Lipinski definition) is 2. The van der Waals surface area contributed by atoms with Crippen molar-refractivity contribution >= 4 is 11.4 Å². The predicted octanol–water partition coefficient (Wildman–Crippen LogP) is 3.45. The van der Waals surface area contributed by atoms with Crippen LogP contribution in [0.2, 0.25) is 0 Å². The Morgan fingerprint density at radius 2 is 1.67 bits per heavy atom. The van der Waals surface area contributed by atoms with Gasteiger partial charge in [-0.2, -0.15) is 4.98 Å². The van der Waals surface area contributed by atoms with Crippen molar-refractivity contribution in [3.63, 3.8) is 0 Å². The Hall–Kier alpha value is -3.30. The molecule has 0 aliphatic carbocycles. The first-order valence-electron chi connectivity index (χ1n) is 9.52. The van der Waals surface area contributed by atoms with E-state index in [0.717, 1.165) is 0 Å². The van der Waals surface area contributed by atoms with Crippen LogP contribution < -0.4 is 16.6 Å². The average molecular weight is 413 g/mol. The number of hydrazine groups is 1. The lowest BCUT2D eigenvalue weighted by Crippen LogP contribution is -2.38.